The summed E-state index contributed by atoms with van der Waals surface area (Å²) < 4.78 is 12.8. The molecule has 0 aliphatic carbocycles. The number of aromatic nitrogens is 3. The van der Waals surface area contributed by atoms with Crippen LogP contribution in [0.1, 0.15) is 29.9 Å². The number of nitrogens with two attached hydrogens (primary N) is 1. The van der Waals surface area contributed by atoms with Gasteiger partial charge in [0, 0.05) is 5.92 Å². The number of carbonyl (C=O) groups excluding carboxylic acids is 2. The van der Waals surface area contributed by atoms with E-state index in [0.717, 1.165) is 5.56 Å². The van der Waals surface area contributed by atoms with E-state index < -0.39 is 12.0 Å². The summed E-state index contributed by atoms with van der Waals surface area (Å²) in [5.74, 6) is 0.0397. The van der Waals surface area contributed by atoms with E-state index in [1.165, 1.54) is 0 Å². The Morgan fingerprint density at radius 1 is 1.10 bits per heavy atom. The van der Waals surface area contributed by atoms with Crippen molar-refractivity contribution in [3.05, 3.63) is 65.6 Å². The Labute approximate surface area is 167 Å². The number of nitrogens with zero attached hydrogens (tertiary/aromatic N) is 3. The largest absolute Gasteiger partial charge is 0.443 e. The number of hydrogen-bond donors (Lipinski definition) is 2. The number of nitrogens with one attached hydrogen (secondary N) is 1. The van der Waals surface area contributed by atoms with Crippen LogP contribution in [0.25, 0.3) is 5.65 Å². The number of amides is 2. The van der Waals surface area contributed by atoms with Crippen molar-refractivity contribution in [2.45, 2.75) is 26.1 Å². The molecule has 2 heterocycles. The Bertz CT molecular complexity index is 973. The lowest BCUT2D eigenvalue weighted by Gasteiger charge is -2.13. The summed E-state index contributed by atoms with van der Waals surface area (Å²) in [6.07, 6.45) is -0.727. The molecule has 0 spiro atoms. The second kappa shape index (κ2) is 9.65. The van der Waals surface area contributed by atoms with Gasteiger partial charge in [-0.2, -0.15) is 0 Å². The molecule has 9 nitrogen and oxygen atoms in total. The van der Waals surface area contributed by atoms with Crippen molar-refractivity contribution in [3.63, 3.8) is 0 Å². The minimum atomic E-state index is -0.727. The van der Waals surface area contributed by atoms with Gasteiger partial charge in [0.25, 0.3) is 0 Å². The molecule has 3 aromatic rings. The highest BCUT2D eigenvalue weighted by molar-refractivity contribution is 5.80. The molecule has 0 saturated heterocycles. The van der Waals surface area contributed by atoms with Gasteiger partial charge in [-0.25, -0.2) is 4.79 Å². The number of hydrogen-bond acceptors (Lipinski definition) is 6. The van der Waals surface area contributed by atoms with Crippen molar-refractivity contribution in [2.24, 2.45) is 5.73 Å². The van der Waals surface area contributed by atoms with Crippen molar-refractivity contribution in [3.8, 4) is 0 Å². The minimum Gasteiger partial charge on any atom is -0.443 e. The van der Waals surface area contributed by atoms with Crippen LogP contribution < -0.4 is 11.1 Å². The normalized spacial score (nSPS) is 11.9. The molecule has 0 aliphatic rings. The van der Waals surface area contributed by atoms with Crippen LogP contribution in [0.2, 0.25) is 0 Å². The van der Waals surface area contributed by atoms with E-state index in [0.29, 0.717) is 30.4 Å². The highest BCUT2D eigenvalue weighted by Crippen LogP contribution is 2.18. The van der Waals surface area contributed by atoms with Gasteiger partial charge in [0.15, 0.2) is 5.65 Å². The molecule has 0 saturated carbocycles. The molecule has 2 aromatic heterocycles. The van der Waals surface area contributed by atoms with Crippen LogP contribution in [0.5, 0.6) is 0 Å². The smallest absolute Gasteiger partial charge is 0.407 e. The zero-order valence-electron chi connectivity index (χ0n) is 16.1. The molecule has 2 amide bonds. The summed E-state index contributed by atoms with van der Waals surface area (Å²) in [5, 5.41) is 10.8. The first-order valence-corrected chi connectivity index (χ1v) is 9.18. The van der Waals surface area contributed by atoms with Crippen molar-refractivity contribution >= 4 is 17.6 Å². The maximum Gasteiger partial charge on any atom is 0.407 e. The van der Waals surface area contributed by atoms with Gasteiger partial charge >= 0.3 is 6.09 Å². The SMILES string of the molecule is CC(COCc1ccccc1)c1nnc2cccc(COC(=O)NCC(N)=O)n12. The number of ether oxygens (including phenoxy) is 2. The van der Waals surface area contributed by atoms with Gasteiger partial charge in [-0.15, -0.1) is 10.2 Å². The first-order chi connectivity index (χ1) is 14.0. The second-order valence-corrected chi connectivity index (χ2v) is 6.57. The summed E-state index contributed by atoms with van der Waals surface area (Å²) in [7, 11) is 0. The zero-order valence-corrected chi connectivity index (χ0v) is 16.1. The number of pyridine rings is 1. The van der Waals surface area contributed by atoms with E-state index in [1.54, 1.807) is 0 Å². The van der Waals surface area contributed by atoms with Gasteiger partial charge in [0.2, 0.25) is 5.91 Å². The molecule has 1 aromatic carbocycles. The lowest BCUT2D eigenvalue weighted by Crippen LogP contribution is -2.33. The molecule has 0 fully saturated rings. The number of alkyl carbamates (subject to hydrolysis) is 1. The predicted octanol–water partition coefficient (Wildman–Crippen LogP) is 1.76. The third-order valence-electron chi connectivity index (χ3n) is 4.21. The number of primary amides is 1. The fourth-order valence-corrected chi connectivity index (χ4v) is 2.81. The third kappa shape index (κ3) is 5.52. The first kappa shape index (κ1) is 20.3. The lowest BCUT2D eigenvalue weighted by atomic mass is 10.2. The van der Waals surface area contributed by atoms with Gasteiger partial charge < -0.3 is 20.5 Å². The summed E-state index contributed by atoms with van der Waals surface area (Å²) in [4.78, 5) is 22.4. The monoisotopic (exact) mass is 397 g/mol. The molecule has 1 unspecified atom stereocenters. The molecular formula is C20H23N5O4. The minimum absolute atomic E-state index is 0.00936. The Morgan fingerprint density at radius 3 is 2.66 bits per heavy atom. The van der Waals surface area contributed by atoms with Crippen molar-refractivity contribution < 1.29 is 19.1 Å². The summed E-state index contributed by atoms with van der Waals surface area (Å²) in [6, 6.07) is 15.4. The van der Waals surface area contributed by atoms with Crippen molar-refractivity contribution in [2.75, 3.05) is 13.2 Å². The van der Waals surface area contributed by atoms with E-state index in [1.807, 2.05) is 59.9 Å². The average Bonchev–Trinajstić information content (AvgIpc) is 3.16. The molecule has 3 rings (SSSR count). The highest BCUT2D eigenvalue weighted by atomic mass is 16.5. The van der Waals surface area contributed by atoms with Crippen LogP contribution in [0.4, 0.5) is 4.79 Å². The van der Waals surface area contributed by atoms with Crippen LogP contribution in [0, 0.1) is 0 Å². The molecule has 3 N–H and O–H groups in total. The van der Waals surface area contributed by atoms with Crippen molar-refractivity contribution in [1.82, 2.24) is 19.9 Å². The maximum atomic E-state index is 11.7. The van der Waals surface area contributed by atoms with E-state index in [4.69, 9.17) is 15.2 Å². The van der Waals surface area contributed by atoms with Crippen molar-refractivity contribution in [1.29, 1.82) is 0 Å². The van der Waals surface area contributed by atoms with E-state index >= 15 is 0 Å². The molecule has 9 heteroatoms. The topological polar surface area (TPSA) is 121 Å². The average molecular weight is 397 g/mol. The first-order valence-electron chi connectivity index (χ1n) is 9.18. The molecule has 0 aliphatic heterocycles. The molecule has 152 valence electrons. The van der Waals surface area contributed by atoms with Crippen LogP contribution in [0.3, 0.4) is 0 Å². The quantitative estimate of drug-likeness (QED) is 0.568. The number of carbonyl (C=O) groups is 2. The standard InChI is InChI=1S/C20H23N5O4/c1-14(11-28-12-15-6-3-2-4-7-15)19-24-23-18-9-5-8-16(25(18)19)13-29-20(27)22-10-17(21)26/h2-9,14H,10-13H2,1H3,(H2,21,26)(H,22,27). The fourth-order valence-electron chi connectivity index (χ4n) is 2.81. The Kier molecular flexibility index (Phi) is 6.75. The van der Waals surface area contributed by atoms with E-state index in [9.17, 15) is 9.59 Å². The molecule has 1 atom stereocenters. The Hall–Kier alpha value is -3.46. The van der Waals surface area contributed by atoms with Crippen LogP contribution in [0.15, 0.2) is 48.5 Å². The molecule has 29 heavy (non-hydrogen) atoms. The predicted molar refractivity (Wildman–Crippen MR) is 105 cm³/mol. The highest BCUT2D eigenvalue weighted by Gasteiger charge is 2.17. The summed E-state index contributed by atoms with van der Waals surface area (Å²) in [6.45, 7) is 2.68. The summed E-state index contributed by atoms with van der Waals surface area (Å²) >= 11 is 0. The van der Waals surface area contributed by atoms with Gasteiger partial charge in [-0.05, 0) is 17.7 Å². The molecule has 0 bridgehead atoms. The fraction of sp³-hybridized carbons (Fsp3) is 0.300. The Balaban J connectivity index is 1.65. The van der Waals surface area contributed by atoms with Gasteiger partial charge in [0.05, 0.1) is 25.5 Å². The number of rotatable bonds is 9. The zero-order chi connectivity index (χ0) is 20.6. The van der Waals surface area contributed by atoms with Crippen LogP contribution in [-0.4, -0.2) is 39.8 Å². The third-order valence-corrected chi connectivity index (χ3v) is 4.21. The van der Waals surface area contributed by atoms with Gasteiger partial charge in [-0.1, -0.05) is 43.3 Å². The number of fused-ring (bicyclic) bond motifs is 1. The lowest BCUT2D eigenvalue weighted by molar-refractivity contribution is -0.117. The molecule has 0 radical (unpaired) electrons. The van der Waals surface area contributed by atoms with Crippen LogP contribution in [-0.2, 0) is 27.5 Å². The summed E-state index contributed by atoms with van der Waals surface area (Å²) in [5.41, 5.74) is 7.44. The second-order valence-electron chi connectivity index (χ2n) is 6.57. The van der Waals surface area contributed by atoms with Gasteiger partial charge in [0.1, 0.15) is 12.4 Å². The maximum absolute atomic E-state index is 11.7. The van der Waals surface area contributed by atoms with Crippen LogP contribution >= 0.6 is 0 Å². The number of benzene rings is 1. The van der Waals surface area contributed by atoms with E-state index in [2.05, 4.69) is 15.5 Å². The van der Waals surface area contributed by atoms with Gasteiger partial charge in [-0.3, -0.25) is 9.20 Å². The van der Waals surface area contributed by atoms with E-state index in [-0.39, 0.29) is 19.1 Å². The molecular weight excluding hydrogens is 374 g/mol. The Morgan fingerprint density at radius 2 is 1.90 bits per heavy atom.